The molecule has 22 heteroatoms. The molecule has 16 nitrogen and oxygen atoms in total. The first-order valence-electron chi connectivity index (χ1n) is 18.6. The van der Waals surface area contributed by atoms with Crippen LogP contribution in [-0.4, -0.2) is 71.8 Å². The standard InChI is InChI=1S/C44H30N4O12S4.ClH.Mn/c49-61(50,51)29-9-1-25(2-10-29)41-33-17-19-35(45-33)42(26-3-11-30(12-4-26)62(52,53)54)37-21-23-39(47-37)44(28-7-15-32(16-8-28)64(58,59)60)40-24-22-38(48-40)43(36-20-18-34(41)46-36)27-5-13-31(14-6-27)63(55,56)57;;/h1-24,45,48H,(H,49,50,51)(H,52,53,54)(H,55,56,57)(H,58,59,60);1H;/q;;+3/p-5. The van der Waals surface area contributed by atoms with Gasteiger partial charge in [0.2, 0.25) is 0 Å². The number of aromatic amines is 2. The smallest absolute Gasteiger partial charge is 1.00 e. The molecular formula is C44H26ClMnN4O12S4-2. The molecule has 66 heavy (non-hydrogen) atoms. The van der Waals surface area contributed by atoms with Crippen molar-refractivity contribution in [2.75, 3.05) is 0 Å². The monoisotopic (exact) mass is 1020 g/mol. The van der Waals surface area contributed by atoms with Crippen molar-refractivity contribution in [1.29, 1.82) is 0 Å². The van der Waals surface area contributed by atoms with E-state index < -0.39 is 60.1 Å². The zero-order valence-electron chi connectivity index (χ0n) is 33.0. The molecule has 0 atom stereocenters. The van der Waals surface area contributed by atoms with Crippen molar-refractivity contribution >= 4 is 86.8 Å². The number of rotatable bonds is 8. The van der Waals surface area contributed by atoms with Gasteiger partial charge in [0, 0.05) is 44.3 Å². The van der Waals surface area contributed by atoms with Gasteiger partial charge in [0.1, 0.15) is 40.5 Å². The molecule has 2 N–H and O–H groups in total. The van der Waals surface area contributed by atoms with E-state index in [4.69, 9.17) is 9.97 Å². The van der Waals surface area contributed by atoms with E-state index in [9.17, 15) is 51.9 Å². The molecule has 2 aliphatic heterocycles. The van der Waals surface area contributed by atoms with E-state index in [2.05, 4.69) is 9.97 Å². The van der Waals surface area contributed by atoms with Crippen LogP contribution in [0.15, 0.2) is 141 Å². The largest absolute Gasteiger partial charge is 3.00 e. The predicted octanol–water partition coefficient (Wildman–Crippen LogP) is 3.94. The molecule has 8 bridgehead atoms. The van der Waals surface area contributed by atoms with Crippen LogP contribution >= 0.6 is 0 Å². The molecule has 4 aromatic carbocycles. The van der Waals surface area contributed by atoms with Gasteiger partial charge in [-0.25, -0.2) is 43.6 Å². The number of aromatic nitrogens is 4. The van der Waals surface area contributed by atoms with Gasteiger partial charge in [-0.05, 0) is 119 Å². The van der Waals surface area contributed by atoms with Crippen molar-refractivity contribution in [3.63, 3.8) is 0 Å². The first kappa shape index (κ1) is 47.9. The van der Waals surface area contributed by atoms with Crippen molar-refractivity contribution < 1.29 is 81.4 Å². The van der Waals surface area contributed by atoms with Gasteiger partial charge in [-0.3, -0.25) is 0 Å². The van der Waals surface area contributed by atoms with E-state index in [-0.39, 0.29) is 29.5 Å². The maximum atomic E-state index is 11.9. The van der Waals surface area contributed by atoms with E-state index in [1.807, 2.05) is 0 Å². The number of hydrogen-bond donors (Lipinski definition) is 2. The predicted molar refractivity (Wildman–Crippen MR) is 232 cm³/mol. The number of nitrogens with one attached hydrogen (secondary N) is 2. The van der Waals surface area contributed by atoms with Crippen LogP contribution in [0.2, 0.25) is 0 Å². The molecule has 334 valence electrons. The fourth-order valence-corrected chi connectivity index (χ4v) is 9.45. The zero-order chi connectivity index (χ0) is 45.3. The van der Waals surface area contributed by atoms with Gasteiger partial charge < -0.3 is 40.6 Å². The van der Waals surface area contributed by atoms with Crippen LogP contribution in [0, 0.1) is 0 Å². The second-order valence-corrected chi connectivity index (χ2v) is 19.9. The van der Waals surface area contributed by atoms with Gasteiger partial charge in [-0.15, -0.1) is 0 Å². The first-order valence-corrected chi connectivity index (χ1v) is 24.3. The molecule has 0 amide bonds. The normalized spacial score (nSPS) is 12.7. The topological polar surface area (TPSA) is 286 Å². The van der Waals surface area contributed by atoms with Gasteiger partial charge in [-0.2, -0.15) is 0 Å². The summed E-state index contributed by atoms with van der Waals surface area (Å²) in [5.41, 5.74) is 6.76. The Morgan fingerprint density at radius 2 is 0.500 bits per heavy atom. The van der Waals surface area contributed by atoms with Crippen LogP contribution in [0.1, 0.15) is 22.8 Å². The number of H-pyrrole nitrogens is 2. The van der Waals surface area contributed by atoms with Crippen molar-refractivity contribution in [2.45, 2.75) is 19.6 Å². The molecule has 0 saturated carbocycles. The van der Waals surface area contributed by atoms with Crippen LogP contribution in [0.25, 0.3) is 90.9 Å². The van der Waals surface area contributed by atoms with Crippen molar-refractivity contribution in [3.05, 3.63) is 144 Å². The van der Waals surface area contributed by atoms with Crippen LogP contribution in [0.5, 0.6) is 0 Å². The first-order chi connectivity index (χ1) is 30.2. The Morgan fingerprint density at radius 1 is 0.318 bits per heavy atom. The third-order valence-electron chi connectivity index (χ3n) is 10.5. The zero-order valence-corrected chi connectivity index (χ0v) is 38.2. The average molecular weight is 1020 g/mol. The summed E-state index contributed by atoms with van der Waals surface area (Å²) in [5, 5.41) is 0. The van der Waals surface area contributed by atoms with Gasteiger partial charge in [-0.1, -0.05) is 48.5 Å². The van der Waals surface area contributed by atoms with Crippen LogP contribution in [0.4, 0.5) is 0 Å². The fourth-order valence-electron chi connectivity index (χ4n) is 7.57. The minimum atomic E-state index is -4.81. The number of hydrogen-bond acceptors (Lipinski definition) is 14. The fraction of sp³-hybridized carbons (Fsp3) is 0. The SMILES string of the molecule is O=S(=O)([O-])c1ccc(-c2c3nc(c(-c4ccc(S(=O)(=O)[O-])cc4)c4ccc([nH]4)c(-c4ccc(S(=O)(=O)[O-])cc4)c4nc(c(-c5ccc(S(=O)(=O)[O-])cc5)c5ccc2[nH]5)C=C4)C=C3)cc1.[Cl-].[Mn+3]. The van der Waals surface area contributed by atoms with Crippen molar-refractivity contribution in [1.82, 2.24) is 19.9 Å². The summed E-state index contributed by atoms with van der Waals surface area (Å²) in [6.07, 6.45) is 6.79. The van der Waals surface area contributed by atoms with E-state index >= 15 is 0 Å². The van der Waals surface area contributed by atoms with Gasteiger partial charge in [0.05, 0.1) is 42.4 Å². The van der Waals surface area contributed by atoms with Crippen molar-refractivity contribution in [2.24, 2.45) is 0 Å². The Labute approximate surface area is 393 Å². The Hall–Kier alpha value is -6.07. The second-order valence-electron chi connectivity index (χ2n) is 14.4. The third kappa shape index (κ3) is 9.32. The molecular weight excluding hydrogens is 995 g/mol. The van der Waals surface area contributed by atoms with Gasteiger partial charge >= 0.3 is 17.1 Å². The molecule has 5 heterocycles. The number of benzene rings is 4. The maximum absolute atomic E-state index is 11.9. The molecule has 0 fully saturated rings. The van der Waals surface area contributed by atoms with Crippen molar-refractivity contribution in [3.8, 4) is 44.5 Å². The number of nitrogens with zero attached hydrogens (tertiary/aromatic N) is 2. The minimum Gasteiger partial charge on any atom is -1.00 e. The van der Waals surface area contributed by atoms with Crippen LogP contribution in [0.3, 0.4) is 0 Å². The molecule has 7 aromatic rings. The summed E-state index contributed by atoms with van der Waals surface area (Å²) >= 11 is 0. The molecule has 0 aliphatic carbocycles. The molecule has 0 radical (unpaired) electrons. The number of fused-ring (bicyclic) bond motifs is 8. The van der Waals surface area contributed by atoms with E-state index in [1.165, 1.54) is 97.1 Å². The molecule has 0 unspecified atom stereocenters. The average Bonchev–Trinajstić information content (AvgIpc) is 4.08. The summed E-state index contributed by atoms with van der Waals surface area (Å²) in [4.78, 5) is 15.0. The summed E-state index contributed by atoms with van der Waals surface area (Å²) in [6.45, 7) is 0. The number of halogens is 1. The Morgan fingerprint density at radius 3 is 0.667 bits per heavy atom. The quantitative estimate of drug-likeness (QED) is 0.161. The maximum Gasteiger partial charge on any atom is 3.00 e. The molecule has 9 rings (SSSR count). The van der Waals surface area contributed by atoms with E-state index in [0.29, 0.717) is 89.4 Å². The summed E-state index contributed by atoms with van der Waals surface area (Å²) in [5.74, 6) is 0. The Bertz CT molecular complexity index is 3310. The van der Waals surface area contributed by atoms with Gasteiger partial charge in [0.15, 0.2) is 0 Å². The summed E-state index contributed by atoms with van der Waals surface area (Å²) < 4.78 is 143. The van der Waals surface area contributed by atoms with E-state index in [0.717, 1.165) is 0 Å². The van der Waals surface area contributed by atoms with Gasteiger partial charge in [0.25, 0.3) is 0 Å². The summed E-state index contributed by atoms with van der Waals surface area (Å²) in [7, 11) is -19.2. The molecule has 0 spiro atoms. The molecule has 2 aliphatic rings. The Kier molecular flexibility index (Phi) is 12.8. The van der Waals surface area contributed by atoms with Crippen LogP contribution < -0.4 is 12.4 Å². The summed E-state index contributed by atoms with van der Waals surface area (Å²) in [6, 6.07) is 27.8. The van der Waals surface area contributed by atoms with E-state index in [1.54, 1.807) is 48.6 Å². The Balaban J connectivity index is 0.00000324. The molecule has 3 aromatic heterocycles. The minimum absolute atomic E-state index is 0. The molecule has 0 saturated heterocycles. The second kappa shape index (κ2) is 17.6. The third-order valence-corrected chi connectivity index (χ3v) is 13.9. The van der Waals surface area contributed by atoms with Crippen LogP contribution in [-0.2, 0) is 57.5 Å².